The van der Waals surface area contributed by atoms with Crippen molar-refractivity contribution in [3.8, 4) is 0 Å². The quantitative estimate of drug-likeness (QED) is 0.825. The number of carbonyl (C=O) groups is 1. The van der Waals surface area contributed by atoms with Gasteiger partial charge in [-0.1, -0.05) is 24.3 Å². The number of Topliss-reactive ketones (excluding diaryl/α,β-unsaturated/α-hetero) is 1. The van der Waals surface area contributed by atoms with E-state index in [-0.39, 0.29) is 29.5 Å². The molecule has 2 aromatic carbocycles. The molecule has 2 aromatic rings. The zero-order valence-electron chi connectivity index (χ0n) is 14.5. The van der Waals surface area contributed by atoms with Crippen molar-refractivity contribution in [1.29, 1.82) is 0 Å². The zero-order chi connectivity index (χ0) is 18.3. The number of likely N-dealkylation sites (N-methyl/N-ethyl adjacent to an activating group) is 1. The van der Waals surface area contributed by atoms with E-state index in [0.29, 0.717) is 0 Å². The van der Waals surface area contributed by atoms with Gasteiger partial charge in [-0.25, -0.2) is 8.78 Å². The monoisotopic (exact) mass is 352 g/mol. The van der Waals surface area contributed by atoms with E-state index >= 15 is 0 Å². The average molecular weight is 352 g/mol. The van der Waals surface area contributed by atoms with Crippen LogP contribution in [-0.2, 0) is 4.79 Å². The van der Waals surface area contributed by atoms with E-state index in [0.717, 1.165) is 35.1 Å². The van der Waals surface area contributed by atoms with Gasteiger partial charge in [0.05, 0.1) is 18.2 Å². The lowest BCUT2D eigenvalue weighted by Gasteiger charge is -2.31. The highest BCUT2D eigenvalue weighted by molar-refractivity contribution is 6.15. The van der Waals surface area contributed by atoms with Crippen LogP contribution in [0.3, 0.4) is 0 Å². The third kappa shape index (κ3) is 3.01. The molecule has 0 radical (unpaired) electrons. The smallest absolute Gasteiger partial charge is 0.196 e. The number of fused-ring (bicyclic) bond motifs is 2. The maximum absolute atomic E-state index is 13.2. The largest absolute Gasteiger partial charge is 0.325 e. The van der Waals surface area contributed by atoms with Gasteiger partial charge in [0.15, 0.2) is 5.78 Å². The number of carbonyl (C=O) groups excluding carboxylic acids is 1. The molecular formula is C22H20F2NO+. The molecular weight excluding hydrogens is 332 g/mol. The van der Waals surface area contributed by atoms with E-state index in [2.05, 4.69) is 7.05 Å². The Morgan fingerprint density at radius 3 is 1.58 bits per heavy atom. The maximum Gasteiger partial charge on any atom is 0.196 e. The number of quaternary nitrogens is 1. The molecule has 2 fully saturated rings. The van der Waals surface area contributed by atoms with Crippen LogP contribution in [0.2, 0.25) is 0 Å². The van der Waals surface area contributed by atoms with Crippen LogP contribution in [0.15, 0.2) is 59.7 Å². The molecule has 2 heterocycles. The summed E-state index contributed by atoms with van der Waals surface area (Å²) in [5, 5.41) is 0. The van der Waals surface area contributed by atoms with Crippen LogP contribution in [0.25, 0.3) is 12.2 Å². The summed E-state index contributed by atoms with van der Waals surface area (Å²) in [5.74, 6) is -0.526. The Labute approximate surface area is 151 Å². The summed E-state index contributed by atoms with van der Waals surface area (Å²) in [7, 11) is 2.12. The number of halogens is 2. The molecule has 2 saturated heterocycles. The molecule has 132 valence electrons. The number of nitrogens with one attached hydrogen (secondary N) is 1. The van der Waals surface area contributed by atoms with Gasteiger partial charge in [-0.05, 0) is 47.5 Å². The third-order valence-electron chi connectivity index (χ3n) is 5.50. The second-order valence-electron chi connectivity index (χ2n) is 7.06. The molecule has 2 bridgehead atoms. The summed E-state index contributed by atoms with van der Waals surface area (Å²) < 4.78 is 26.3. The Bertz CT molecular complexity index is 823. The summed E-state index contributed by atoms with van der Waals surface area (Å²) in [6, 6.07) is 12.7. The predicted molar refractivity (Wildman–Crippen MR) is 97.5 cm³/mol. The molecule has 4 rings (SSSR count). The van der Waals surface area contributed by atoms with Crippen molar-refractivity contribution in [3.63, 3.8) is 0 Å². The van der Waals surface area contributed by atoms with Gasteiger partial charge in [-0.2, -0.15) is 0 Å². The molecule has 2 aliphatic heterocycles. The normalized spacial score (nSPS) is 28.1. The van der Waals surface area contributed by atoms with E-state index in [4.69, 9.17) is 0 Å². The van der Waals surface area contributed by atoms with Crippen molar-refractivity contribution in [1.82, 2.24) is 0 Å². The number of hydrogen-bond acceptors (Lipinski definition) is 1. The molecule has 0 spiro atoms. The van der Waals surface area contributed by atoms with E-state index in [1.165, 1.54) is 29.2 Å². The van der Waals surface area contributed by atoms with E-state index < -0.39 is 0 Å². The van der Waals surface area contributed by atoms with Gasteiger partial charge in [-0.15, -0.1) is 0 Å². The van der Waals surface area contributed by atoms with Gasteiger partial charge in [0.25, 0.3) is 0 Å². The van der Waals surface area contributed by atoms with Crippen LogP contribution in [-0.4, -0.2) is 24.9 Å². The first kappa shape index (κ1) is 16.9. The van der Waals surface area contributed by atoms with Crippen LogP contribution in [0.5, 0.6) is 0 Å². The Morgan fingerprint density at radius 1 is 0.808 bits per heavy atom. The first-order chi connectivity index (χ1) is 12.5. The van der Waals surface area contributed by atoms with Crippen molar-refractivity contribution in [2.75, 3.05) is 7.05 Å². The molecule has 0 aromatic heterocycles. The first-order valence-electron chi connectivity index (χ1n) is 8.85. The fraction of sp³-hybridized carbons (Fsp3) is 0.227. The fourth-order valence-corrected chi connectivity index (χ4v) is 4.13. The molecule has 0 amide bonds. The molecule has 0 saturated carbocycles. The minimum atomic E-state index is -0.289. The molecule has 1 unspecified atom stereocenters. The number of piperidine rings is 1. The summed E-state index contributed by atoms with van der Waals surface area (Å²) in [4.78, 5) is 14.5. The van der Waals surface area contributed by atoms with Gasteiger partial charge < -0.3 is 4.90 Å². The number of hydrogen-bond donors (Lipinski definition) is 1. The van der Waals surface area contributed by atoms with Gasteiger partial charge in [0.1, 0.15) is 23.7 Å². The molecule has 4 heteroatoms. The lowest BCUT2D eigenvalue weighted by atomic mass is 9.88. The highest BCUT2D eigenvalue weighted by atomic mass is 19.1. The minimum Gasteiger partial charge on any atom is -0.325 e. The van der Waals surface area contributed by atoms with Crippen LogP contribution in [0.4, 0.5) is 8.78 Å². The summed E-state index contributed by atoms with van der Waals surface area (Å²) >= 11 is 0. The van der Waals surface area contributed by atoms with E-state index in [9.17, 15) is 13.6 Å². The lowest BCUT2D eigenvalue weighted by molar-refractivity contribution is -0.906. The minimum absolute atomic E-state index is 0.0525. The van der Waals surface area contributed by atoms with Crippen LogP contribution in [0.1, 0.15) is 24.0 Å². The molecule has 2 nitrogen and oxygen atoms in total. The third-order valence-corrected chi connectivity index (χ3v) is 5.50. The summed E-state index contributed by atoms with van der Waals surface area (Å²) in [6.07, 6.45) is 5.68. The van der Waals surface area contributed by atoms with E-state index in [1.54, 1.807) is 24.3 Å². The number of rotatable bonds is 2. The fourth-order valence-electron chi connectivity index (χ4n) is 4.13. The Kier molecular flexibility index (Phi) is 4.29. The number of benzene rings is 2. The van der Waals surface area contributed by atoms with Gasteiger partial charge in [-0.3, -0.25) is 4.79 Å². The molecule has 26 heavy (non-hydrogen) atoms. The average Bonchev–Trinajstić information content (AvgIpc) is 2.94. The second kappa shape index (κ2) is 6.61. The standard InChI is InChI=1S/C22H19F2NO/c1-25-20-10-11-21(25)19(13-15-4-8-17(24)9-5-15)22(26)18(20)12-14-2-6-16(23)7-3-14/h2-9,12-13,20-21H,10-11H2,1H3/p+1/b18-12+,19-13+/t20-,21+. The first-order valence-corrected chi connectivity index (χ1v) is 8.85. The van der Waals surface area contributed by atoms with Crippen molar-refractivity contribution < 1.29 is 18.5 Å². The lowest BCUT2D eigenvalue weighted by Crippen LogP contribution is -3.16. The molecule has 2 aliphatic rings. The van der Waals surface area contributed by atoms with E-state index in [1.807, 2.05) is 12.2 Å². The summed E-state index contributed by atoms with van der Waals surface area (Å²) in [5.41, 5.74) is 3.20. The number of ketones is 1. The highest BCUT2D eigenvalue weighted by Crippen LogP contribution is 2.31. The predicted octanol–water partition coefficient (Wildman–Crippen LogP) is 3.06. The van der Waals surface area contributed by atoms with Gasteiger partial charge >= 0.3 is 0 Å². The van der Waals surface area contributed by atoms with Crippen LogP contribution < -0.4 is 4.90 Å². The Morgan fingerprint density at radius 2 is 1.19 bits per heavy atom. The highest BCUT2D eigenvalue weighted by Gasteiger charge is 2.48. The summed E-state index contributed by atoms with van der Waals surface area (Å²) in [6.45, 7) is 0. The van der Waals surface area contributed by atoms with Gasteiger partial charge in [0, 0.05) is 12.8 Å². The molecule has 0 aliphatic carbocycles. The molecule has 1 N–H and O–H groups in total. The van der Waals surface area contributed by atoms with Crippen molar-refractivity contribution in [3.05, 3.63) is 82.4 Å². The Balaban J connectivity index is 1.75. The maximum atomic E-state index is 13.2. The van der Waals surface area contributed by atoms with Crippen molar-refractivity contribution >= 4 is 17.9 Å². The second-order valence-corrected chi connectivity index (χ2v) is 7.06. The van der Waals surface area contributed by atoms with Gasteiger partial charge in [0.2, 0.25) is 0 Å². The topological polar surface area (TPSA) is 21.5 Å². The van der Waals surface area contributed by atoms with Crippen molar-refractivity contribution in [2.24, 2.45) is 0 Å². The molecule has 3 atom stereocenters. The van der Waals surface area contributed by atoms with Crippen molar-refractivity contribution in [2.45, 2.75) is 24.9 Å². The SMILES string of the molecule is C[NH+]1[C@@H]2CC[C@H]1/C(=C\c1ccc(F)cc1)C(=O)/C2=C/c1ccc(F)cc1. The Hall–Kier alpha value is -2.59. The zero-order valence-corrected chi connectivity index (χ0v) is 14.5. The van der Waals surface area contributed by atoms with Crippen LogP contribution in [0, 0.1) is 11.6 Å². The van der Waals surface area contributed by atoms with Crippen LogP contribution >= 0.6 is 0 Å².